The van der Waals surface area contributed by atoms with Crippen LogP contribution < -0.4 is 5.32 Å². The van der Waals surface area contributed by atoms with Crippen molar-refractivity contribution in [2.24, 2.45) is 5.41 Å². The number of anilines is 1. The predicted molar refractivity (Wildman–Crippen MR) is 130 cm³/mol. The molecule has 2 aromatic rings. The molecular formula is C26H35N5O2. The quantitative estimate of drug-likeness (QED) is 0.678. The van der Waals surface area contributed by atoms with Gasteiger partial charge in [0.05, 0.1) is 0 Å². The van der Waals surface area contributed by atoms with Gasteiger partial charge in [-0.05, 0) is 94.1 Å². The maximum atomic E-state index is 12.9. The van der Waals surface area contributed by atoms with Gasteiger partial charge in [-0.1, -0.05) is 6.07 Å². The number of carbonyl (C=O) groups is 2. The van der Waals surface area contributed by atoms with Crippen LogP contribution in [0.4, 0.5) is 10.5 Å². The van der Waals surface area contributed by atoms with E-state index in [2.05, 4.69) is 15.2 Å². The van der Waals surface area contributed by atoms with E-state index >= 15 is 0 Å². The third-order valence-corrected chi connectivity index (χ3v) is 7.93. The third-order valence-electron chi connectivity index (χ3n) is 7.93. The van der Waals surface area contributed by atoms with Gasteiger partial charge in [-0.3, -0.25) is 9.78 Å². The molecule has 2 saturated heterocycles. The second kappa shape index (κ2) is 9.29. The highest BCUT2D eigenvalue weighted by molar-refractivity contribution is 5.96. The zero-order valence-corrected chi connectivity index (χ0v) is 19.6. The lowest BCUT2D eigenvalue weighted by Crippen LogP contribution is -2.58. The molecule has 33 heavy (non-hydrogen) atoms. The molecule has 1 aliphatic carbocycles. The van der Waals surface area contributed by atoms with Crippen LogP contribution >= 0.6 is 0 Å². The minimum atomic E-state index is -0.444. The first-order valence-corrected chi connectivity index (χ1v) is 12.5. The molecule has 3 fully saturated rings. The fourth-order valence-electron chi connectivity index (χ4n) is 5.35. The first kappa shape index (κ1) is 22.1. The molecule has 3 heterocycles. The summed E-state index contributed by atoms with van der Waals surface area (Å²) in [4.78, 5) is 36.1. The van der Waals surface area contributed by atoms with Gasteiger partial charge < -0.3 is 20.0 Å². The molecule has 5 rings (SSSR count). The Kier molecular flexibility index (Phi) is 6.23. The molecule has 1 unspecified atom stereocenters. The maximum Gasteiger partial charge on any atom is 0.322 e. The van der Waals surface area contributed by atoms with E-state index in [0.29, 0.717) is 13.1 Å². The lowest BCUT2D eigenvalue weighted by Gasteiger charge is -2.39. The number of fused-ring (bicyclic) bond motifs is 1. The molecule has 3 amide bonds. The molecule has 0 radical (unpaired) electrons. The molecule has 1 spiro atoms. The van der Waals surface area contributed by atoms with Crippen LogP contribution in [0, 0.1) is 5.41 Å². The van der Waals surface area contributed by atoms with E-state index in [0.717, 1.165) is 47.8 Å². The Balaban J connectivity index is 1.07. The van der Waals surface area contributed by atoms with Gasteiger partial charge in [0.2, 0.25) is 5.91 Å². The van der Waals surface area contributed by atoms with E-state index in [1.165, 1.54) is 38.8 Å². The van der Waals surface area contributed by atoms with E-state index in [1.54, 1.807) is 17.3 Å². The van der Waals surface area contributed by atoms with Gasteiger partial charge >= 0.3 is 6.03 Å². The zero-order chi connectivity index (χ0) is 22.8. The number of unbranched alkanes of at least 4 members (excludes halogenated alkanes) is 1. The molecular weight excluding hydrogens is 414 g/mol. The third kappa shape index (κ3) is 4.98. The Labute approximate surface area is 196 Å². The molecule has 1 N–H and O–H groups in total. The van der Waals surface area contributed by atoms with Gasteiger partial charge in [0.1, 0.15) is 6.04 Å². The van der Waals surface area contributed by atoms with Crippen LogP contribution in [-0.4, -0.2) is 76.9 Å². The monoisotopic (exact) mass is 449 g/mol. The maximum absolute atomic E-state index is 12.9. The molecule has 1 saturated carbocycles. The molecule has 3 aliphatic rings. The number of rotatable bonds is 6. The Morgan fingerprint density at radius 3 is 2.61 bits per heavy atom. The predicted octanol–water partition coefficient (Wildman–Crippen LogP) is 3.96. The Morgan fingerprint density at radius 1 is 1.03 bits per heavy atom. The van der Waals surface area contributed by atoms with Crippen LogP contribution in [0.2, 0.25) is 0 Å². The number of nitrogens with zero attached hydrogens (tertiary/aromatic N) is 4. The summed E-state index contributed by atoms with van der Waals surface area (Å²) in [6.07, 6.45) is 11.4. The number of amides is 3. The molecule has 7 heteroatoms. The lowest BCUT2D eigenvalue weighted by molar-refractivity contribution is -0.139. The highest BCUT2D eigenvalue weighted by atomic mass is 16.2. The number of piperazine rings is 1. The fraction of sp³-hybridized carbons (Fsp3) is 0.577. The number of benzene rings is 1. The van der Waals surface area contributed by atoms with Crippen LogP contribution in [0.25, 0.3) is 10.8 Å². The van der Waals surface area contributed by atoms with Crippen LogP contribution in [0.5, 0.6) is 0 Å². The number of hydrogen-bond donors (Lipinski definition) is 1. The van der Waals surface area contributed by atoms with E-state index in [9.17, 15) is 9.59 Å². The second-order valence-corrected chi connectivity index (χ2v) is 10.1. The molecule has 1 atom stereocenters. The Hall–Kier alpha value is -2.67. The standard InChI is InChI=1S/C26H35N5O2/c1-20-24(32)30(13-3-2-12-29-14-9-26(7-8-26)10-15-29)16-17-31(20)25(33)28-23-5-4-22-19-27-11-6-21(22)18-23/h4-6,11,18-20H,2-3,7-10,12-17H2,1H3,(H,28,33). The van der Waals surface area contributed by atoms with E-state index in [-0.39, 0.29) is 11.9 Å². The van der Waals surface area contributed by atoms with Gasteiger partial charge in [0.15, 0.2) is 0 Å². The van der Waals surface area contributed by atoms with Gasteiger partial charge in [-0.2, -0.15) is 0 Å². The van der Waals surface area contributed by atoms with Crippen LogP contribution in [0.1, 0.15) is 45.4 Å². The number of pyridine rings is 1. The fourth-order valence-corrected chi connectivity index (χ4v) is 5.35. The van der Waals surface area contributed by atoms with Crippen molar-refractivity contribution in [2.75, 3.05) is 44.6 Å². The molecule has 2 aliphatic heterocycles. The average Bonchev–Trinajstić information content (AvgIpc) is 3.59. The summed E-state index contributed by atoms with van der Waals surface area (Å²) in [5.41, 5.74) is 1.46. The summed E-state index contributed by atoms with van der Waals surface area (Å²) in [6, 6.07) is 7.01. The van der Waals surface area contributed by atoms with Gasteiger partial charge in [0, 0.05) is 43.1 Å². The van der Waals surface area contributed by atoms with E-state index in [1.807, 2.05) is 36.1 Å². The summed E-state index contributed by atoms with van der Waals surface area (Å²) in [7, 11) is 0. The Morgan fingerprint density at radius 2 is 1.82 bits per heavy atom. The molecule has 1 aromatic carbocycles. The summed E-state index contributed by atoms with van der Waals surface area (Å²) in [5.74, 6) is 0.0506. The number of piperidine rings is 1. The van der Waals surface area contributed by atoms with Crippen LogP contribution in [0.3, 0.4) is 0 Å². The molecule has 0 bridgehead atoms. The van der Waals surface area contributed by atoms with Crippen molar-refractivity contribution in [2.45, 2.75) is 51.5 Å². The largest absolute Gasteiger partial charge is 0.339 e. The number of carbonyl (C=O) groups excluding carboxylic acids is 2. The highest BCUT2D eigenvalue weighted by Gasteiger charge is 2.44. The first-order valence-electron chi connectivity index (χ1n) is 12.5. The number of likely N-dealkylation sites (tertiary alicyclic amines) is 1. The van der Waals surface area contributed by atoms with Gasteiger partial charge in [-0.25, -0.2) is 4.79 Å². The normalized spacial score (nSPS) is 22.7. The van der Waals surface area contributed by atoms with Crippen LogP contribution in [-0.2, 0) is 4.79 Å². The zero-order valence-electron chi connectivity index (χ0n) is 19.6. The van der Waals surface area contributed by atoms with Crippen molar-refractivity contribution in [3.8, 4) is 0 Å². The van der Waals surface area contributed by atoms with Crippen molar-refractivity contribution >= 4 is 28.4 Å². The number of aromatic nitrogens is 1. The highest BCUT2D eigenvalue weighted by Crippen LogP contribution is 2.53. The van der Waals surface area contributed by atoms with E-state index in [4.69, 9.17) is 0 Å². The first-order chi connectivity index (χ1) is 16.0. The number of hydrogen-bond acceptors (Lipinski definition) is 4. The van der Waals surface area contributed by atoms with Crippen molar-refractivity contribution in [3.05, 3.63) is 36.7 Å². The summed E-state index contributed by atoms with van der Waals surface area (Å²) in [6.45, 7) is 7.42. The SMILES string of the molecule is CC1C(=O)N(CCCCN2CCC3(CC2)CC3)CCN1C(=O)Nc1ccc2cnccc2c1. The molecule has 1 aromatic heterocycles. The van der Waals surface area contributed by atoms with Crippen LogP contribution in [0.15, 0.2) is 36.7 Å². The van der Waals surface area contributed by atoms with Crippen molar-refractivity contribution in [1.29, 1.82) is 0 Å². The molecule has 7 nitrogen and oxygen atoms in total. The summed E-state index contributed by atoms with van der Waals surface area (Å²) >= 11 is 0. The topological polar surface area (TPSA) is 68.8 Å². The van der Waals surface area contributed by atoms with Crippen molar-refractivity contribution < 1.29 is 9.59 Å². The minimum Gasteiger partial charge on any atom is -0.339 e. The molecule has 176 valence electrons. The minimum absolute atomic E-state index is 0.0506. The van der Waals surface area contributed by atoms with Gasteiger partial charge in [0.25, 0.3) is 0 Å². The van der Waals surface area contributed by atoms with Crippen molar-refractivity contribution in [1.82, 2.24) is 19.7 Å². The summed E-state index contributed by atoms with van der Waals surface area (Å²) in [5, 5.41) is 5.01. The van der Waals surface area contributed by atoms with Gasteiger partial charge in [-0.15, -0.1) is 0 Å². The second-order valence-electron chi connectivity index (χ2n) is 10.1. The average molecular weight is 450 g/mol. The Bertz CT molecular complexity index is 1010. The lowest BCUT2D eigenvalue weighted by atomic mass is 9.93. The van der Waals surface area contributed by atoms with Crippen molar-refractivity contribution in [3.63, 3.8) is 0 Å². The van der Waals surface area contributed by atoms with E-state index < -0.39 is 6.04 Å². The summed E-state index contributed by atoms with van der Waals surface area (Å²) < 4.78 is 0. The number of urea groups is 1. The number of nitrogens with one attached hydrogen (secondary N) is 1. The smallest absolute Gasteiger partial charge is 0.322 e.